The third-order valence-corrected chi connectivity index (χ3v) is 5.57. The summed E-state index contributed by atoms with van der Waals surface area (Å²) in [6, 6.07) is 4.48. The summed E-state index contributed by atoms with van der Waals surface area (Å²) in [7, 11) is 0. The molecule has 1 aliphatic rings. The van der Waals surface area contributed by atoms with Gasteiger partial charge in [-0.1, -0.05) is 51.6 Å². The van der Waals surface area contributed by atoms with E-state index >= 15 is 0 Å². The van der Waals surface area contributed by atoms with Crippen molar-refractivity contribution in [1.29, 1.82) is 0 Å². The second kappa shape index (κ2) is 5.41. The first-order valence-corrected chi connectivity index (χ1v) is 7.80. The van der Waals surface area contributed by atoms with Crippen LogP contribution in [0.15, 0.2) is 21.1 Å². The molecule has 1 nitrogen and oxygen atoms in total. The Hall–Kier alpha value is 0.140. The second-order valence-electron chi connectivity index (χ2n) is 5.22. The molecule has 3 heteroatoms. The highest BCUT2D eigenvalue weighted by Crippen LogP contribution is 2.41. The molecule has 3 atom stereocenters. The number of aryl methyl sites for hydroxylation is 1. The number of hydrogen-bond acceptors (Lipinski definition) is 1. The molecule has 94 valence electrons. The van der Waals surface area contributed by atoms with Crippen molar-refractivity contribution >= 4 is 31.9 Å². The van der Waals surface area contributed by atoms with Crippen LogP contribution in [-0.4, -0.2) is 0 Å². The minimum atomic E-state index is 0.152. The van der Waals surface area contributed by atoms with Crippen LogP contribution in [0.1, 0.15) is 43.4 Å². The molecule has 0 bridgehead atoms. The van der Waals surface area contributed by atoms with Gasteiger partial charge in [0, 0.05) is 15.0 Å². The summed E-state index contributed by atoms with van der Waals surface area (Å²) in [4.78, 5) is 0. The van der Waals surface area contributed by atoms with Crippen LogP contribution in [0.5, 0.6) is 0 Å². The van der Waals surface area contributed by atoms with Crippen molar-refractivity contribution in [3.05, 3.63) is 32.2 Å². The Morgan fingerprint density at radius 1 is 1.24 bits per heavy atom. The normalized spacial score (nSPS) is 26.2. The number of halogens is 2. The lowest BCUT2D eigenvalue weighted by Gasteiger charge is -2.25. The van der Waals surface area contributed by atoms with Gasteiger partial charge in [0.05, 0.1) is 0 Å². The summed E-state index contributed by atoms with van der Waals surface area (Å²) in [6.45, 7) is 4.43. The van der Waals surface area contributed by atoms with Gasteiger partial charge < -0.3 is 5.73 Å². The first kappa shape index (κ1) is 13.6. The summed E-state index contributed by atoms with van der Waals surface area (Å²) in [5.74, 6) is 1.37. The van der Waals surface area contributed by atoms with Crippen molar-refractivity contribution in [2.24, 2.45) is 17.6 Å². The van der Waals surface area contributed by atoms with Gasteiger partial charge in [-0.3, -0.25) is 0 Å². The minimum absolute atomic E-state index is 0.152. The third-order valence-electron chi connectivity index (χ3n) is 4.03. The largest absolute Gasteiger partial charge is 0.324 e. The molecular formula is C14H19Br2N. The van der Waals surface area contributed by atoms with E-state index in [1.807, 2.05) is 0 Å². The van der Waals surface area contributed by atoms with E-state index in [0.29, 0.717) is 5.92 Å². The molecule has 0 heterocycles. The number of hydrogen-bond donors (Lipinski definition) is 1. The zero-order valence-electron chi connectivity index (χ0n) is 10.3. The minimum Gasteiger partial charge on any atom is -0.324 e. The first-order chi connectivity index (χ1) is 8.00. The van der Waals surface area contributed by atoms with Gasteiger partial charge in [0.2, 0.25) is 0 Å². The Morgan fingerprint density at radius 3 is 2.53 bits per heavy atom. The van der Waals surface area contributed by atoms with Gasteiger partial charge in [-0.25, -0.2) is 0 Å². The quantitative estimate of drug-likeness (QED) is 0.792. The molecule has 2 N–H and O–H groups in total. The predicted molar refractivity (Wildman–Crippen MR) is 80.0 cm³/mol. The van der Waals surface area contributed by atoms with Gasteiger partial charge in [0.1, 0.15) is 0 Å². The summed E-state index contributed by atoms with van der Waals surface area (Å²) in [5, 5.41) is 0. The average Bonchev–Trinajstić information content (AvgIpc) is 2.69. The molecule has 1 aromatic carbocycles. The van der Waals surface area contributed by atoms with Crippen molar-refractivity contribution in [1.82, 2.24) is 0 Å². The van der Waals surface area contributed by atoms with Crippen LogP contribution >= 0.6 is 31.9 Å². The monoisotopic (exact) mass is 359 g/mol. The smallest absolute Gasteiger partial charge is 0.0337 e. The molecule has 1 aromatic rings. The fourth-order valence-electron chi connectivity index (χ4n) is 2.86. The Morgan fingerprint density at radius 2 is 1.94 bits per heavy atom. The Kier molecular flexibility index (Phi) is 4.32. The van der Waals surface area contributed by atoms with Crippen molar-refractivity contribution in [2.45, 2.75) is 39.2 Å². The van der Waals surface area contributed by atoms with Gasteiger partial charge in [-0.05, 0) is 48.4 Å². The lowest BCUT2D eigenvalue weighted by Crippen LogP contribution is -2.23. The molecule has 0 aromatic heterocycles. The maximum absolute atomic E-state index is 6.46. The van der Waals surface area contributed by atoms with Crippen LogP contribution in [0.3, 0.4) is 0 Å². The topological polar surface area (TPSA) is 26.0 Å². The average molecular weight is 361 g/mol. The van der Waals surface area contributed by atoms with Crippen molar-refractivity contribution in [3.8, 4) is 0 Å². The third kappa shape index (κ3) is 2.77. The molecule has 0 amide bonds. The van der Waals surface area contributed by atoms with Gasteiger partial charge in [0.25, 0.3) is 0 Å². The summed E-state index contributed by atoms with van der Waals surface area (Å²) >= 11 is 7.24. The lowest BCUT2D eigenvalue weighted by atomic mass is 9.86. The lowest BCUT2D eigenvalue weighted by molar-refractivity contribution is 0.350. The fourth-order valence-corrected chi connectivity index (χ4v) is 3.94. The highest BCUT2D eigenvalue weighted by molar-refractivity contribution is 9.11. The molecule has 17 heavy (non-hydrogen) atoms. The fraction of sp³-hybridized carbons (Fsp3) is 0.571. The summed E-state index contributed by atoms with van der Waals surface area (Å²) in [5.41, 5.74) is 8.94. The van der Waals surface area contributed by atoms with E-state index in [2.05, 4.69) is 57.8 Å². The molecule has 2 rings (SSSR count). The molecular weight excluding hydrogens is 342 g/mol. The standard InChI is InChI=1S/C14H19Br2N/c1-8-4-3-5-10(8)14(17)11-7-12(15)9(2)6-13(11)16/h6-8,10,14H,3-5,17H2,1-2H3. The summed E-state index contributed by atoms with van der Waals surface area (Å²) < 4.78 is 2.29. The Labute approximate surface area is 120 Å². The zero-order valence-corrected chi connectivity index (χ0v) is 13.5. The molecule has 0 radical (unpaired) electrons. The van der Waals surface area contributed by atoms with Gasteiger partial charge >= 0.3 is 0 Å². The van der Waals surface area contributed by atoms with Crippen LogP contribution in [0.25, 0.3) is 0 Å². The van der Waals surface area contributed by atoms with Crippen LogP contribution in [0.2, 0.25) is 0 Å². The van der Waals surface area contributed by atoms with Gasteiger partial charge in [-0.2, -0.15) is 0 Å². The van der Waals surface area contributed by atoms with E-state index in [4.69, 9.17) is 5.73 Å². The number of benzene rings is 1. The van der Waals surface area contributed by atoms with Crippen molar-refractivity contribution in [2.75, 3.05) is 0 Å². The maximum Gasteiger partial charge on any atom is 0.0337 e. The number of rotatable bonds is 2. The highest BCUT2D eigenvalue weighted by Gasteiger charge is 2.30. The van der Waals surface area contributed by atoms with Crippen LogP contribution < -0.4 is 5.73 Å². The maximum atomic E-state index is 6.46. The molecule has 1 fully saturated rings. The summed E-state index contributed by atoms with van der Waals surface area (Å²) in [6.07, 6.45) is 3.91. The Bertz CT molecular complexity index is 417. The molecule has 1 aliphatic carbocycles. The molecule has 1 saturated carbocycles. The van der Waals surface area contributed by atoms with Crippen LogP contribution in [0, 0.1) is 18.8 Å². The van der Waals surface area contributed by atoms with E-state index in [9.17, 15) is 0 Å². The molecule has 0 aliphatic heterocycles. The molecule has 3 unspecified atom stereocenters. The van der Waals surface area contributed by atoms with E-state index in [1.165, 1.54) is 30.4 Å². The zero-order chi connectivity index (χ0) is 12.6. The van der Waals surface area contributed by atoms with Crippen molar-refractivity contribution in [3.63, 3.8) is 0 Å². The van der Waals surface area contributed by atoms with E-state index < -0.39 is 0 Å². The van der Waals surface area contributed by atoms with Crippen LogP contribution in [-0.2, 0) is 0 Å². The van der Waals surface area contributed by atoms with Gasteiger partial charge in [-0.15, -0.1) is 0 Å². The first-order valence-electron chi connectivity index (χ1n) is 6.22. The van der Waals surface area contributed by atoms with E-state index in [0.717, 1.165) is 14.9 Å². The van der Waals surface area contributed by atoms with E-state index in [-0.39, 0.29) is 6.04 Å². The van der Waals surface area contributed by atoms with Crippen molar-refractivity contribution < 1.29 is 0 Å². The Balaban J connectivity index is 2.30. The van der Waals surface area contributed by atoms with Gasteiger partial charge in [0.15, 0.2) is 0 Å². The molecule has 0 spiro atoms. The van der Waals surface area contributed by atoms with E-state index in [1.54, 1.807) is 0 Å². The predicted octanol–water partition coefficient (Wildman–Crippen LogP) is 4.96. The van der Waals surface area contributed by atoms with Crippen LogP contribution in [0.4, 0.5) is 0 Å². The second-order valence-corrected chi connectivity index (χ2v) is 6.93. The molecule has 0 saturated heterocycles. The SMILES string of the molecule is Cc1cc(Br)c(C(N)C2CCCC2C)cc1Br. The number of nitrogens with two attached hydrogens (primary N) is 1. The highest BCUT2D eigenvalue weighted by atomic mass is 79.9.